The molecule has 2 aromatic heterocycles. The van der Waals surface area contributed by atoms with Crippen molar-refractivity contribution in [2.45, 2.75) is 25.4 Å². The minimum Gasteiger partial charge on any atom is -0.441 e. The number of carbonyl (C=O) groups is 1. The van der Waals surface area contributed by atoms with E-state index in [0.29, 0.717) is 31.9 Å². The zero-order chi connectivity index (χ0) is 18.6. The molecule has 1 saturated heterocycles. The summed E-state index contributed by atoms with van der Waals surface area (Å²) in [5.41, 5.74) is 1.61. The molecule has 7 heteroatoms. The Morgan fingerprint density at radius 2 is 2.11 bits per heavy atom. The number of hydrogen-bond donors (Lipinski definition) is 2. The van der Waals surface area contributed by atoms with Gasteiger partial charge in [0, 0.05) is 30.9 Å². The van der Waals surface area contributed by atoms with Crippen molar-refractivity contribution < 1.29 is 14.3 Å². The van der Waals surface area contributed by atoms with Crippen LogP contribution in [0.4, 0.5) is 4.79 Å². The molecule has 1 aromatic carbocycles. The molecule has 0 aliphatic carbocycles. The zero-order valence-corrected chi connectivity index (χ0v) is 15.8. The van der Waals surface area contributed by atoms with Crippen LogP contribution in [0.25, 0.3) is 11.1 Å². The number of nitrogens with one attached hydrogen (secondary N) is 1. The minimum atomic E-state index is -0.422. The van der Waals surface area contributed by atoms with E-state index in [2.05, 4.69) is 10.3 Å². The molecule has 1 aliphatic rings. The van der Waals surface area contributed by atoms with Gasteiger partial charge in [-0.25, -0.2) is 9.78 Å². The standard InChI is InChI=1S/C20H23N3O3S/c24-19(17-6-3-13-27-17)14-8-11-23(12-9-14)20(25)21-10-7-18-22-15-4-1-2-5-16(15)26-18/h1-6,13-14,19,24H,7-12H2,(H,21,25). The first-order valence-electron chi connectivity index (χ1n) is 9.29. The molecule has 0 bridgehead atoms. The van der Waals surface area contributed by atoms with Gasteiger partial charge in [-0.2, -0.15) is 0 Å². The van der Waals surface area contributed by atoms with Gasteiger partial charge < -0.3 is 19.7 Å². The highest BCUT2D eigenvalue weighted by atomic mass is 32.1. The Morgan fingerprint density at radius 3 is 2.85 bits per heavy atom. The van der Waals surface area contributed by atoms with Crippen molar-refractivity contribution in [3.63, 3.8) is 0 Å². The highest BCUT2D eigenvalue weighted by molar-refractivity contribution is 7.10. The molecule has 1 fully saturated rings. The number of aromatic nitrogens is 1. The Kier molecular flexibility index (Phi) is 5.40. The third kappa shape index (κ3) is 4.14. The molecule has 6 nitrogen and oxygen atoms in total. The van der Waals surface area contributed by atoms with Crippen LogP contribution in [0.1, 0.15) is 29.7 Å². The number of para-hydroxylation sites is 2. The number of aliphatic hydroxyl groups is 1. The summed E-state index contributed by atoms with van der Waals surface area (Å²) in [6.45, 7) is 1.83. The molecule has 3 aromatic rings. The number of likely N-dealkylation sites (tertiary alicyclic amines) is 1. The van der Waals surface area contributed by atoms with Gasteiger partial charge in [0.25, 0.3) is 0 Å². The highest BCUT2D eigenvalue weighted by Crippen LogP contribution is 2.32. The van der Waals surface area contributed by atoms with E-state index < -0.39 is 6.10 Å². The smallest absolute Gasteiger partial charge is 0.317 e. The summed E-state index contributed by atoms with van der Waals surface area (Å²) < 4.78 is 5.67. The maximum Gasteiger partial charge on any atom is 0.317 e. The number of nitrogens with zero attached hydrogens (tertiary/aromatic N) is 2. The minimum absolute atomic E-state index is 0.0600. The Hall–Kier alpha value is -2.38. The molecule has 0 spiro atoms. The number of aliphatic hydroxyl groups excluding tert-OH is 1. The number of piperidine rings is 1. The number of thiophene rings is 1. The molecule has 0 radical (unpaired) electrons. The first kappa shape index (κ1) is 18.0. The lowest BCUT2D eigenvalue weighted by Crippen LogP contribution is -2.45. The molecular formula is C20H23N3O3S. The van der Waals surface area contributed by atoms with Crippen molar-refractivity contribution in [1.82, 2.24) is 15.2 Å². The summed E-state index contributed by atoms with van der Waals surface area (Å²) in [6, 6.07) is 11.5. The molecule has 2 amide bonds. The Bertz CT molecular complexity index is 852. The molecule has 3 heterocycles. The first-order valence-corrected chi connectivity index (χ1v) is 10.2. The fourth-order valence-electron chi connectivity index (χ4n) is 3.53. The molecule has 4 rings (SSSR count). The second-order valence-electron chi connectivity index (χ2n) is 6.84. The molecule has 27 heavy (non-hydrogen) atoms. The second kappa shape index (κ2) is 8.10. The van der Waals surface area contributed by atoms with Crippen LogP contribution in [0.5, 0.6) is 0 Å². The van der Waals surface area contributed by atoms with Crippen LogP contribution in [0.2, 0.25) is 0 Å². The van der Waals surface area contributed by atoms with Crippen molar-refractivity contribution in [3.05, 3.63) is 52.5 Å². The highest BCUT2D eigenvalue weighted by Gasteiger charge is 2.28. The molecular weight excluding hydrogens is 362 g/mol. The van der Waals surface area contributed by atoms with Crippen molar-refractivity contribution >= 4 is 28.5 Å². The lowest BCUT2D eigenvalue weighted by Gasteiger charge is -2.34. The lowest BCUT2D eigenvalue weighted by atomic mass is 9.90. The average Bonchev–Trinajstić information content (AvgIpc) is 3.37. The normalized spacial score (nSPS) is 16.6. The van der Waals surface area contributed by atoms with Crippen LogP contribution < -0.4 is 5.32 Å². The van der Waals surface area contributed by atoms with Gasteiger partial charge in [0.1, 0.15) is 5.52 Å². The molecule has 142 valence electrons. The van der Waals surface area contributed by atoms with Crippen LogP contribution in [0.15, 0.2) is 46.2 Å². The molecule has 1 unspecified atom stereocenters. The van der Waals surface area contributed by atoms with Crippen LogP contribution in [0.3, 0.4) is 0 Å². The van der Waals surface area contributed by atoms with E-state index in [9.17, 15) is 9.90 Å². The average molecular weight is 385 g/mol. The van der Waals surface area contributed by atoms with E-state index in [4.69, 9.17) is 4.42 Å². The van der Waals surface area contributed by atoms with Crippen molar-refractivity contribution in [1.29, 1.82) is 0 Å². The maximum atomic E-state index is 12.4. The summed E-state index contributed by atoms with van der Waals surface area (Å²) in [5.74, 6) is 0.849. The van der Waals surface area contributed by atoms with Gasteiger partial charge >= 0.3 is 6.03 Å². The molecule has 0 saturated carbocycles. The Morgan fingerprint density at radius 1 is 1.30 bits per heavy atom. The summed E-state index contributed by atoms with van der Waals surface area (Å²) >= 11 is 1.58. The predicted molar refractivity (Wildman–Crippen MR) is 105 cm³/mol. The van der Waals surface area contributed by atoms with Crippen molar-refractivity contribution in [2.24, 2.45) is 5.92 Å². The van der Waals surface area contributed by atoms with E-state index >= 15 is 0 Å². The molecule has 1 aliphatic heterocycles. The number of oxazole rings is 1. The third-order valence-corrected chi connectivity index (χ3v) is 6.00. The van der Waals surface area contributed by atoms with Gasteiger partial charge in [-0.1, -0.05) is 18.2 Å². The van der Waals surface area contributed by atoms with E-state index in [1.165, 1.54) is 0 Å². The van der Waals surface area contributed by atoms with Crippen molar-refractivity contribution in [3.8, 4) is 0 Å². The number of amides is 2. The maximum absolute atomic E-state index is 12.4. The number of fused-ring (bicyclic) bond motifs is 1. The van der Waals surface area contributed by atoms with E-state index in [-0.39, 0.29) is 11.9 Å². The van der Waals surface area contributed by atoms with E-state index in [0.717, 1.165) is 28.8 Å². The summed E-state index contributed by atoms with van der Waals surface area (Å²) in [6.07, 6.45) is 1.78. The largest absolute Gasteiger partial charge is 0.441 e. The van der Waals surface area contributed by atoms with Crippen molar-refractivity contribution in [2.75, 3.05) is 19.6 Å². The lowest BCUT2D eigenvalue weighted by molar-refractivity contribution is 0.0690. The van der Waals surface area contributed by atoms with E-state index in [1.54, 1.807) is 11.3 Å². The summed E-state index contributed by atoms with van der Waals surface area (Å²) in [5, 5.41) is 15.4. The molecule has 2 N–H and O–H groups in total. The fourth-order valence-corrected chi connectivity index (χ4v) is 4.33. The van der Waals surface area contributed by atoms with Crippen LogP contribution in [0, 0.1) is 5.92 Å². The Balaban J connectivity index is 1.22. The Labute approximate surface area is 161 Å². The number of hydrogen-bond acceptors (Lipinski definition) is 5. The van der Waals surface area contributed by atoms with Gasteiger partial charge in [0.2, 0.25) is 0 Å². The van der Waals surface area contributed by atoms with Gasteiger partial charge in [-0.3, -0.25) is 0 Å². The quantitative estimate of drug-likeness (QED) is 0.704. The van der Waals surface area contributed by atoms with Crippen LogP contribution in [-0.2, 0) is 6.42 Å². The number of carbonyl (C=O) groups excluding carboxylic acids is 1. The third-order valence-electron chi connectivity index (χ3n) is 5.06. The monoisotopic (exact) mass is 385 g/mol. The number of rotatable bonds is 5. The number of benzene rings is 1. The predicted octanol–water partition coefficient (Wildman–Crippen LogP) is 3.59. The molecule has 1 atom stereocenters. The topological polar surface area (TPSA) is 78.6 Å². The SMILES string of the molecule is O=C(NCCc1nc2ccccc2o1)N1CCC(C(O)c2cccs2)CC1. The second-order valence-corrected chi connectivity index (χ2v) is 7.82. The summed E-state index contributed by atoms with van der Waals surface area (Å²) in [7, 11) is 0. The van der Waals surface area contributed by atoms with Crippen LogP contribution >= 0.6 is 11.3 Å². The zero-order valence-electron chi connectivity index (χ0n) is 15.0. The van der Waals surface area contributed by atoms with Gasteiger partial charge in [-0.15, -0.1) is 11.3 Å². The van der Waals surface area contributed by atoms with Gasteiger partial charge in [0.15, 0.2) is 11.5 Å². The van der Waals surface area contributed by atoms with E-state index in [1.807, 2.05) is 46.7 Å². The number of urea groups is 1. The van der Waals surface area contributed by atoms with Gasteiger partial charge in [0.05, 0.1) is 6.10 Å². The first-order chi connectivity index (χ1) is 13.2. The fraction of sp³-hybridized carbons (Fsp3) is 0.400. The van der Waals surface area contributed by atoms with Crippen LogP contribution in [-0.4, -0.2) is 40.7 Å². The summed E-state index contributed by atoms with van der Waals surface area (Å²) in [4.78, 5) is 19.6. The van der Waals surface area contributed by atoms with Gasteiger partial charge in [-0.05, 0) is 42.3 Å².